The highest BCUT2D eigenvalue weighted by molar-refractivity contribution is 5.84. The van der Waals surface area contributed by atoms with Crippen molar-refractivity contribution in [1.29, 1.82) is 0 Å². The molecule has 1 heterocycles. The van der Waals surface area contributed by atoms with Crippen molar-refractivity contribution in [3.05, 3.63) is 101 Å². The molecule has 0 fully saturated rings. The van der Waals surface area contributed by atoms with Gasteiger partial charge in [-0.05, 0) is 71.9 Å². The Balaban J connectivity index is 1.33. The molecule has 0 bridgehead atoms. The van der Waals surface area contributed by atoms with Gasteiger partial charge in [0.25, 0.3) is 0 Å². The van der Waals surface area contributed by atoms with E-state index in [1.54, 1.807) is 25.3 Å². The van der Waals surface area contributed by atoms with Gasteiger partial charge in [0.2, 0.25) is 0 Å². The Labute approximate surface area is 219 Å². The molecule has 0 aliphatic rings. The van der Waals surface area contributed by atoms with Gasteiger partial charge in [-0.15, -0.1) is 0 Å². The summed E-state index contributed by atoms with van der Waals surface area (Å²) in [5, 5.41) is 1.41. The number of nitrogens with zero attached hydrogens (tertiary/aromatic N) is 2. The van der Waals surface area contributed by atoms with E-state index in [4.69, 9.17) is 9.47 Å². The molecular weight excluding hydrogens is 496 g/mol. The molecule has 0 amide bonds. The van der Waals surface area contributed by atoms with Gasteiger partial charge in [-0.25, -0.2) is 14.4 Å². The van der Waals surface area contributed by atoms with Crippen LogP contribution in [0, 0.1) is 5.82 Å². The largest absolute Gasteiger partial charge is 0.484 e. The summed E-state index contributed by atoms with van der Waals surface area (Å²) in [4.78, 5) is 8.93. The SMILES string of the molecule is COCCCc1cnc(CCc2ccc3c(F)c(CCc4ccc(OCC(F)(F)F)cc4)ccc3c2)nc1. The van der Waals surface area contributed by atoms with Crippen molar-refractivity contribution in [1.82, 2.24) is 9.97 Å². The fraction of sp³-hybridized carbons (Fsp3) is 0.333. The van der Waals surface area contributed by atoms with Gasteiger partial charge in [0, 0.05) is 37.9 Å². The zero-order valence-corrected chi connectivity index (χ0v) is 21.2. The minimum absolute atomic E-state index is 0.153. The van der Waals surface area contributed by atoms with Crippen LogP contribution >= 0.6 is 0 Å². The van der Waals surface area contributed by atoms with Crippen LogP contribution in [0.4, 0.5) is 17.6 Å². The summed E-state index contributed by atoms with van der Waals surface area (Å²) < 4.78 is 61.9. The molecule has 8 heteroatoms. The lowest BCUT2D eigenvalue weighted by molar-refractivity contribution is -0.153. The second-order valence-electron chi connectivity index (χ2n) is 9.25. The van der Waals surface area contributed by atoms with E-state index >= 15 is 4.39 Å². The van der Waals surface area contributed by atoms with E-state index in [1.807, 2.05) is 36.7 Å². The lowest BCUT2D eigenvalue weighted by atomic mass is 9.98. The molecule has 4 aromatic rings. The third-order valence-electron chi connectivity index (χ3n) is 6.32. The molecule has 0 radical (unpaired) electrons. The molecule has 4 rings (SSSR count). The van der Waals surface area contributed by atoms with Gasteiger partial charge in [0.05, 0.1) is 0 Å². The highest BCUT2D eigenvalue weighted by atomic mass is 19.4. The second-order valence-corrected chi connectivity index (χ2v) is 9.25. The summed E-state index contributed by atoms with van der Waals surface area (Å²) in [6, 6.07) is 15.9. The summed E-state index contributed by atoms with van der Waals surface area (Å²) >= 11 is 0. The number of benzene rings is 3. The smallest absolute Gasteiger partial charge is 0.422 e. The van der Waals surface area contributed by atoms with Crippen LogP contribution in [0.25, 0.3) is 10.8 Å². The van der Waals surface area contributed by atoms with Crippen molar-refractivity contribution in [2.75, 3.05) is 20.3 Å². The number of rotatable bonds is 12. The monoisotopic (exact) mass is 526 g/mol. The van der Waals surface area contributed by atoms with Gasteiger partial charge < -0.3 is 9.47 Å². The van der Waals surface area contributed by atoms with Gasteiger partial charge in [-0.1, -0.05) is 42.5 Å². The van der Waals surface area contributed by atoms with E-state index < -0.39 is 12.8 Å². The molecule has 0 N–H and O–H groups in total. The number of aryl methyl sites for hydroxylation is 5. The Morgan fingerprint density at radius 3 is 2.18 bits per heavy atom. The summed E-state index contributed by atoms with van der Waals surface area (Å²) in [6.07, 6.45) is 3.67. The van der Waals surface area contributed by atoms with E-state index in [0.29, 0.717) is 36.8 Å². The maximum atomic E-state index is 15.2. The Morgan fingerprint density at radius 1 is 0.763 bits per heavy atom. The van der Waals surface area contributed by atoms with Gasteiger partial charge >= 0.3 is 6.18 Å². The lowest BCUT2D eigenvalue weighted by Crippen LogP contribution is -2.19. The Kier molecular flexibility index (Phi) is 9.29. The molecule has 0 spiro atoms. The standard InChI is InChI=1S/C30H30F4N2O2/c1-37-16-2-3-23-18-35-28(36-19-23)15-8-22-7-14-27-25(17-22)11-10-24(29(27)31)9-4-21-5-12-26(13-6-21)38-20-30(32,33)34/h5-7,10-14,17-19H,2-4,8-9,15-16,20H2,1H3. The van der Waals surface area contributed by atoms with Crippen molar-refractivity contribution < 1.29 is 27.0 Å². The molecule has 3 aromatic carbocycles. The Morgan fingerprint density at radius 2 is 1.47 bits per heavy atom. The van der Waals surface area contributed by atoms with Gasteiger partial charge in [-0.3, -0.25) is 0 Å². The molecule has 0 aliphatic heterocycles. The average Bonchev–Trinajstić information content (AvgIpc) is 2.91. The first kappa shape index (κ1) is 27.5. The first-order valence-corrected chi connectivity index (χ1v) is 12.6. The van der Waals surface area contributed by atoms with Crippen LogP contribution in [0.15, 0.2) is 67.0 Å². The van der Waals surface area contributed by atoms with Crippen LogP contribution in [-0.2, 0) is 36.8 Å². The number of halogens is 4. The predicted octanol–water partition coefficient (Wildman–Crippen LogP) is 6.86. The molecule has 0 saturated carbocycles. The first-order chi connectivity index (χ1) is 18.3. The maximum absolute atomic E-state index is 15.2. The van der Waals surface area contributed by atoms with E-state index in [1.165, 1.54) is 12.1 Å². The minimum atomic E-state index is -4.38. The molecule has 0 atom stereocenters. The number of fused-ring (bicyclic) bond motifs is 1. The van der Waals surface area contributed by atoms with Crippen molar-refractivity contribution >= 4 is 10.8 Å². The van der Waals surface area contributed by atoms with Gasteiger partial charge in [0.15, 0.2) is 6.61 Å². The molecule has 0 aliphatic carbocycles. The zero-order valence-electron chi connectivity index (χ0n) is 21.2. The van der Waals surface area contributed by atoms with Crippen LogP contribution in [0.1, 0.15) is 34.5 Å². The number of ether oxygens (including phenoxy) is 2. The highest BCUT2D eigenvalue weighted by Gasteiger charge is 2.28. The maximum Gasteiger partial charge on any atom is 0.422 e. The molecule has 0 unspecified atom stereocenters. The lowest BCUT2D eigenvalue weighted by Gasteiger charge is -2.10. The number of methoxy groups -OCH3 is 1. The fourth-order valence-corrected chi connectivity index (χ4v) is 4.25. The second kappa shape index (κ2) is 12.8. The molecule has 0 saturated heterocycles. The molecule has 38 heavy (non-hydrogen) atoms. The Bertz CT molecular complexity index is 1320. The summed E-state index contributed by atoms with van der Waals surface area (Å²) in [7, 11) is 1.69. The Hall–Kier alpha value is -3.52. The van der Waals surface area contributed by atoms with Crippen molar-refractivity contribution in [3.63, 3.8) is 0 Å². The average molecular weight is 527 g/mol. The summed E-state index contributed by atoms with van der Waals surface area (Å²) in [5.41, 5.74) is 3.67. The van der Waals surface area contributed by atoms with Crippen LogP contribution in [-0.4, -0.2) is 36.5 Å². The highest BCUT2D eigenvalue weighted by Crippen LogP contribution is 2.25. The minimum Gasteiger partial charge on any atom is -0.484 e. The fourth-order valence-electron chi connectivity index (χ4n) is 4.25. The number of hydrogen-bond donors (Lipinski definition) is 0. The van der Waals surface area contributed by atoms with Gasteiger partial charge in [-0.2, -0.15) is 13.2 Å². The molecule has 4 nitrogen and oxygen atoms in total. The quantitative estimate of drug-likeness (QED) is 0.149. The predicted molar refractivity (Wildman–Crippen MR) is 139 cm³/mol. The van der Waals surface area contributed by atoms with Crippen LogP contribution in [0.3, 0.4) is 0 Å². The van der Waals surface area contributed by atoms with Crippen LogP contribution in [0.2, 0.25) is 0 Å². The number of alkyl halides is 3. The molecule has 200 valence electrons. The van der Waals surface area contributed by atoms with Crippen molar-refractivity contribution in [2.45, 2.75) is 44.7 Å². The normalized spacial score (nSPS) is 11.7. The molecular formula is C30H30F4N2O2. The van der Waals surface area contributed by atoms with Crippen molar-refractivity contribution in [2.24, 2.45) is 0 Å². The van der Waals surface area contributed by atoms with E-state index in [9.17, 15) is 13.2 Å². The summed E-state index contributed by atoms with van der Waals surface area (Å²) in [5.74, 6) is 0.689. The number of aromatic nitrogens is 2. The van der Waals surface area contributed by atoms with E-state index in [0.717, 1.165) is 47.2 Å². The van der Waals surface area contributed by atoms with Crippen molar-refractivity contribution in [3.8, 4) is 5.75 Å². The first-order valence-electron chi connectivity index (χ1n) is 12.6. The third-order valence-corrected chi connectivity index (χ3v) is 6.32. The van der Waals surface area contributed by atoms with E-state index in [2.05, 4.69) is 9.97 Å². The summed E-state index contributed by atoms with van der Waals surface area (Å²) in [6.45, 7) is -0.612. The third kappa shape index (κ3) is 7.99. The van der Waals surface area contributed by atoms with Gasteiger partial charge in [0.1, 0.15) is 17.4 Å². The van der Waals surface area contributed by atoms with Crippen LogP contribution in [0.5, 0.6) is 5.75 Å². The number of hydrogen-bond acceptors (Lipinski definition) is 4. The zero-order chi connectivity index (χ0) is 27.0. The topological polar surface area (TPSA) is 44.2 Å². The van der Waals surface area contributed by atoms with Crippen LogP contribution < -0.4 is 4.74 Å². The molecule has 1 aromatic heterocycles. The van der Waals surface area contributed by atoms with E-state index in [-0.39, 0.29) is 11.6 Å².